The van der Waals surface area contributed by atoms with Crippen LogP contribution in [0.2, 0.25) is 5.02 Å². The highest BCUT2D eigenvalue weighted by Gasteiger charge is 2.13. The quantitative estimate of drug-likeness (QED) is 0.290. The van der Waals surface area contributed by atoms with Crippen LogP contribution in [0.4, 0.5) is 5.69 Å². The molecule has 1 amide bonds. The first kappa shape index (κ1) is 23.2. The zero-order valence-corrected chi connectivity index (χ0v) is 20.2. The van der Waals surface area contributed by atoms with E-state index in [0.717, 1.165) is 15.5 Å². The van der Waals surface area contributed by atoms with Gasteiger partial charge in [-0.1, -0.05) is 65.5 Å². The Kier molecular flexibility index (Phi) is 7.93. The first-order valence-electron chi connectivity index (χ1n) is 10.1. The lowest BCUT2D eigenvalue weighted by Crippen LogP contribution is -2.15. The Morgan fingerprint density at radius 3 is 2.52 bits per heavy atom. The SMILES string of the molecule is Cn1c(COc2ccc(Cl)cc2)nnc1SCC(=O)Nc1ccccc1Sc1ccccc1. The number of carbonyl (C=O) groups is 1. The zero-order chi connectivity index (χ0) is 23.0. The highest BCUT2D eigenvalue weighted by atomic mass is 35.5. The number of thioether (sulfide) groups is 1. The van der Waals surface area contributed by atoms with Crippen LogP contribution in [0.25, 0.3) is 0 Å². The summed E-state index contributed by atoms with van der Waals surface area (Å²) in [6.07, 6.45) is 0. The molecule has 0 atom stereocenters. The second kappa shape index (κ2) is 11.3. The molecule has 0 aliphatic carbocycles. The van der Waals surface area contributed by atoms with Crippen molar-refractivity contribution in [3.8, 4) is 5.75 Å². The fourth-order valence-electron chi connectivity index (χ4n) is 2.87. The van der Waals surface area contributed by atoms with Crippen LogP contribution < -0.4 is 10.1 Å². The summed E-state index contributed by atoms with van der Waals surface area (Å²) >= 11 is 8.83. The minimum atomic E-state index is -0.108. The van der Waals surface area contributed by atoms with Gasteiger partial charge in [0, 0.05) is 21.9 Å². The van der Waals surface area contributed by atoms with Gasteiger partial charge >= 0.3 is 0 Å². The number of anilines is 1. The van der Waals surface area contributed by atoms with Gasteiger partial charge in [0.2, 0.25) is 5.91 Å². The number of nitrogens with zero attached hydrogens (tertiary/aromatic N) is 3. The van der Waals surface area contributed by atoms with Crippen LogP contribution in [0.1, 0.15) is 5.82 Å². The third-order valence-electron chi connectivity index (χ3n) is 4.57. The summed E-state index contributed by atoms with van der Waals surface area (Å²) in [4.78, 5) is 14.7. The average Bonchev–Trinajstić information content (AvgIpc) is 3.18. The highest BCUT2D eigenvalue weighted by molar-refractivity contribution is 8.00. The molecule has 0 bridgehead atoms. The summed E-state index contributed by atoms with van der Waals surface area (Å²) in [5.41, 5.74) is 0.784. The molecule has 0 radical (unpaired) electrons. The summed E-state index contributed by atoms with van der Waals surface area (Å²) in [6.45, 7) is 0.266. The van der Waals surface area contributed by atoms with Gasteiger partial charge < -0.3 is 14.6 Å². The van der Waals surface area contributed by atoms with Gasteiger partial charge in [-0.25, -0.2) is 0 Å². The number of amides is 1. The van der Waals surface area contributed by atoms with E-state index in [9.17, 15) is 4.79 Å². The van der Waals surface area contributed by atoms with Gasteiger partial charge in [0.05, 0.1) is 11.4 Å². The number of hydrogen-bond donors (Lipinski definition) is 1. The maximum absolute atomic E-state index is 12.6. The maximum atomic E-state index is 12.6. The van der Waals surface area contributed by atoms with E-state index in [1.54, 1.807) is 36.0 Å². The second-order valence-corrected chi connectivity index (χ2v) is 9.44. The molecule has 33 heavy (non-hydrogen) atoms. The lowest BCUT2D eigenvalue weighted by atomic mass is 10.3. The topological polar surface area (TPSA) is 69.0 Å². The Labute approximate surface area is 205 Å². The minimum Gasteiger partial charge on any atom is -0.486 e. The molecule has 0 unspecified atom stereocenters. The van der Waals surface area contributed by atoms with Crippen molar-refractivity contribution in [1.29, 1.82) is 0 Å². The molecule has 1 aromatic heterocycles. The molecule has 0 fully saturated rings. The third-order valence-corrected chi connectivity index (χ3v) is 6.93. The van der Waals surface area contributed by atoms with Gasteiger partial charge in [-0.05, 0) is 48.5 Å². The van der Waals surface area contributed by atoms with Crippen LogP contribution in [0, 0.1) is 0 Å². The summed E-state index contributed by atoms with van der Waals surface area (Å²) in [5.74, 6) is 1.47. The minimum absolute atomic E-state index is 0.108. The number of nitrogens with one attached hydrogen (secondary N) is 1. The van der Waals surface area contributed by atoms with E-state index in [0.29, 0.717) is 21.8 Å². The number of benzene rings is 3. The molecular weight excluding hydrogens is 476 g/mol. The van der Waals surface area contributed by atoms with Crippen molar-refractivity contribution in [3.63, 3.8) is 0 Å². The first-order chi connectivity index (χ1) is 16.1. The second-order valence-electron chi connectivity index (χ2n) is 6.95. The van der Waals surface area contributed by atoms with E-state index in [2.05, 4.69) is 15.5 Å². The highest BCUT2D eigenvalue weighted by Crippen LogP contribution is 2.33. The third kappa shape index (κ3) is 6.54. The van der Waals surface area contributed by atoms with E-state index in [1.807, 2.05) is 66.2 Å². The molecule has 4 rings (SSSR count). The molecule has 168 valence electrons. The zero-order valence-electron chi connectivity index (χ0n) is 17.8. The largest absolute Gasteiger partial charge is 0.486 e. The van der Waals surface area contributed by atoms with E-state index >= 15 is 0 Å². The molecule has 4 aromatic rings. The molecule has 3 aromatic carbocycles. The maximum Gasteiger partial charge on any atom is 0.234 e. The Morgan fingerprint density at radius 1 is 1.00 bits per heavy atom. The number of carbonyl (C=O) groups excluding carboxylic acids is 1. The molecule has 0 spiro atoms. The first-order valence-corrected chi connectivity index (χ1v) is 12.3. The van der Waals surface area contributed by atoms with E-state index in [4.69, 9.17) is 16.3 Å². The molecule has 1 heterocycles. The van der Waals surface area contributed by atoms with E-state index in [-0.39, 0.29) is 18.3 Å². The average molecular weight is 497 g/mol. The van der Waals surface area contributed by atoms with Crippen LogP contribution in [-0.4, -0.2) is 26.4 Å². The lowest BCUT2D eigenvalue weighted by Gasteiger charge is -2.11. The number of para-hydroxylation sites is 1. The summed E-state index contributed by atoms with van der Waals surface area (Å²) in [7, 11) is 1.85. The van der Waals surface area contributed by atoms with Crippen molar-refractivity contribution >= 4 is 46.7 Å². The predicted octanol–water partition coefficient (Wildman–Crippen LogP) is 5.93. The standard InChI is InChI=1S/C24H21ClN4O2S2/c1-29-22(15-31-18-13-11-17(25)12-14-18)27-28-24(29)32-16-23(30)26-20-9-5-6-10-21(20)33-19-7-3-2-4-8-19/h2-14H,15-16H2,1H3,(H,26,30). The lowest BCUT2D eigenvalue weighted by molar-refractivity contribution is -0.113. The molecule has 1 N–H and O–H groups in total. The molecule has 6 nitrogen and oxygen atoms in total. The van der Waals surface area contributed by atoms with Crippen molar-refractivity contribution < 1.29 is 9.53 Å². The van der Waals surface area contributed by atoms with Gasteiger partial charge in [-0.2, -0.15) is 0 Å². The number of halogens is 1. The fourth-order valence-corrected chi connectivity index (χ4v) is 4.64. The van der Waals surface area contributed by atoms with Crippen molar-refractivity contribution in [2.45, 2.75) is 21.6 Å². The molecule has 0 saturated heterocycles. The van der Waals surface area contributed by atoms with Crippen LogP contribution in [0.15, 0.2) is 93.8 Å². The number of aromatic nitrogens is 3. The van der Waals surface area contributed by atoms with Crippen LogP contribution >= 0.6 is 35.1 Å². The van der Waals surface area contributed by atoms with Crippen LogP contribution in [0.3, 0.4) is 0 Å². The summed E-state index contributed by atoms with van der Waals surface area (Å²) < 4.78 is 7.56. The summed E-state index contributed by atoms with van der Waals surface area (Å²) in [5, 5.41) is 12.7. The van der Waals surface area contributed by atoms with Crippen LogP contribution in [-0.2, 0) is 18.4 Å². The smallest absolute Gasteiger partial charge is 0.234 e. The Balaban J connectivity index is 1.32. The van der Waals surface area contributed by atoms with E-state index < -0.39 is 0 Å². The molecule has 9 heteroatoms. The van der Waals surface area contributed by atoms with Gasteiger partial charge in [-0.3, -0.25) is 4.79 Å². The van der Waals surface area contributed by atoms with Crippen LogP contribution in [0.5, 0.6) is 5.75 Å². The van der Waals surface area contributed by atoms with Gasteiger partial charge in [0.25, 0.3) is 0 Å². The number of hydrogen-bond acceptors (Lipinski definition) is 6. The van der Waals surface area contributed by atoms with Gasteiger partial charge in [0.15, 0.2) is 11.0 Å². The Hall–Kier alpha value is -2.94. The number of ether oxygens (including phenoxy) is 1. The van der Waals surface area contributed by atoms with E-state index in [1.165, 1.54) is 11.8 Å². The Bertz CT molecular complexity index is 1220. The Morgan fingerprint density at radius 2 is 1.73 bits per heavy atom. The molecule has 0 saturated carbocycles. The van der Waals surface area contributed by atoms with Crippen molar-refractivity contribution in [1.82, 2.24) is 14.8 Å². The fraction of sp³-hybridized carbons (Fsp3) is 0.125. The predicted molar refractivity (Wildman–Crippen MR) is 133 cm³/mol. The van der Waals surface area contributed by atoms with Crippen molar-refractivity contribution in [2.75, 3.05) is 11.1 Å². The normalized spacial score (nSPS) is 10.7. The monoisotopic (exact) mass is 496 g/mol. The van der Waals surface area contributed by atoms with Gasteiger partial charge in [-0.15, -0.1) is 10.2 Å². The van der Waals surface area contributed by atoms with Crippen molar-refractivity contribution in [2.24, 2.45) is 7.05 Å². The molecule has 0 aliphatic rings. The molecule has 0 aliphatic heterocycles. The summed E-state index contributed by atoms with van der Waals surface area (Å²) in [6, 6.07) is 25.0. The van der Waals surface area contributed by atoms with Crippen molar-refractivity contribution in [3.05, 3.63) is 89.7 Å². The number of rotatable bonds is 9. The van der Waals surface area contributed by atoms with Gasteiger partial charge in [0.1, 0.15) is 12.4 Å². The molecular formula is C24H21ClN4O2S2.